The van der Waals surface area contributed by atoms with Crippen molar-refractivity contribution in [1.82, 2.24) is 0 Å². The van der Waals surface area contributed by atoms with Gasteiger partial charge < -0.3 is 0 Å². The van der Waals surface area contributed by atoms with Crippen LogP contribution in [0.15, 0.2) is 0 Å². The van der Waals surface area contributed by atoms with Crippen molar-refractivity contribution >= 4 is 0 Å². The molecule has 0 aromatic rings. The fraction of sp³-hybridized carbons (Fsp3) is 1.00. The molecule has 18 heavy (non-hydrogen) atoms. The average Bonchev–Trinajstić information content (AvgIpc) is 2.33. The molecule has 3 atom stereocenters. The summed E-state index contributed by atoms with van der Waals surface area (Å²) in [6.45, 7) is 11.9. The largest absolute Gasteiger partial charge is 0.0654 e. The van der Waals surface area contributed by atoms with Crippen molar-refractivity contribution < 1.29 is 0 Å². The molecule has 0 saturated carbocycles. The molecule has 0 saturated heterocycles. The van der Waals surface area contributed by atoms with Crippen LogP contribution < -0.4 is 0 Å². The van der Waals surface area contributed by atoms with E-state index >= 15 is 0 Å². The van der Waals surface area contributed by atoms with Crippen LogP contribution in [-0.4, -0.2) is 0 Å². The summed E-state index contributed by atoms with van der Waals surface area (Å²) in [7, 11) is 0. The van der Waals surface area contributed by atoms with Gasteiger partial charge in [-0.2, -0.15) is 0 Å². The molecule has 0 aliphatic heterocycles. The Morgan fingerprint density at radius 1 is 0.611 bits per heavy atom. The van der Waals surface area contributed by atoms with E-state index in [1.807, 2.05) is 0 Å². The Bertz CT molecular complexity index is 161. The van der Waals surface area contributed by atoms with Gasteiger partial charge in [0.2, 0.25) is 0 Å². The number of hydrogen-bond donors (Lipinski definition) is 0. The van der Waals surface area contributed by atoms with Crippen molar-refractivity contribution in [3.05, 3.63) is 0 Å². The van der Waals surface area contributed by atoms with E-state index in [1.165, 1.54) is 64.2 Å². The minimum absolute atomic E-state index is 0.918. The van der Waals surface area contributed by atoms with E-state index in [2.05, 4.69) is 34.6 Å². The van der Waals surface area contributed by atoms with Crippen LogP contribution in [0.3, 0.4) is 0 Å². The summed E-state index contributed by atoms with van der Waals surface area (Å²) < 4.78 is 0. The summed E-state index contributed by atoms with van der Waals surface area (Å²) in [5.41, 5.74) is 0. The third-order valence-corrected chi connectivity index (χ3v) is 4.36. The SMILES string of the molecule is CCCCCCCCC(C)CC(C)CC(C)CC. The van der Waals surface area contributed by atoms with Gasteiger partial charge in [0.1, 0.15) is 0 Å². The molecule has 0 heteroatoms. The van der Waals surface area contributed by atoms with E-state index in [-0.39, 0.29) is 0 Å². The first-order valence-corrected chi connectivity index (χ1v) is 8.60. The molecule has 0 amide bonds. The van der Waals surface area contributed by atoms with Gasteiger partial charge in [0.25, 0.3) is 0 Å². The lowest BCUT2D eigenvalue weighted by molar-refractivity contribution is 0.324. The minimum atomic E-state index is 0.918. The quantitative estimate of drug-likeness (QED) is 0.335. The summed E-state index contributed by atoms with van der Waals surface area (Å²) in [5, 5.41) is 0. The summed E-state index contributed by atoms with van der Waals surface area (Å²) in [4.78, 5) is 0. The van der Waals surface area contributed by atoms with Gasteiger partial charge in [0.15, 0.2) is 0 Å². The van der Waals surface area contributed by atoms with Crippen LogP contribution in [0.1, 0.15) is 98.8 Å². The molecule has 0 heterocycles. The Morgan fingerprint density at radius 2 is 1.17 bits per heavy atom. The lowest BCUT2D eigenvalue weighted by atomic mass is 9.86. The first-order chi connectivity index (χ1) is 8.60. The zero-order chi connectivity index (χ0) is 13.8. The summed E-state index contributed by atoms with van der Waals surface area (Å²) in [5.74, 6) is 2.78. The first-order valence-electron chi connectivity index (χ1n) is 8.60. The molecular weight excluding hydrogens is 216 g/mol. The maximum atomic E-state index is 2.46. The maximum Gasteiger partial charge on any atom is -0.0438 e. The molecular formula is C18H38. The normalized spacial score (nSPS) is 16.5. The Balaban J connectivity index is 3.43. The van der Waals surface area contributed by atoms with Crippen molar-refractivity contribution in [2.75, 3.05) is 0 Å². The highest BCUT2D eigenvalue weighted by molar-refractivity contribution is 4.63. The monoisotopic (exact) mass is 254 g/mol. The lowest BCUT2D eigenvalue weighted by Crippen LogP contribution is -2.07. The minimum Gasteiger partial charge on any atom is -0.0654 e. The molecule has 0 bridgehead atoms. The van der Waals surface area contributed by atoms with E-state index in [0.717, 1.165) is 17.8 Å². The van der Waals surface area contributed by atoms with Crippen molar-refractivity contribution in [2.24, 2.45) is 17.8 Å². The highest BCUT2D eigenvalue weighted by atomic mass is 14.2. The van der Waals surface area contributed by atoms with Crippen LogP contribution >= 0.6 is 0 Å². The molecule has 0 rings (SSSR count). The van der Waals surface area contributed by atoms with E-state index in [1.54, 1.807) is 0 Å². The van der Waals surface area contributed by atoms with Gasteiger partial charge in [0.05, 0.1) is 0 Å². The standard InChI is InChI=1S/C18H38/c1-6-8-9-10-11-12-13-17(4)15-18(5)14-16(3)7-2/h16-18H,6-15H2,1-5H3. The van der Waals surface area contributed by atoms with E-state index in [9.17, 15) is 0 Å². The summed E-state index contributed by atoms with van der Waals surface area (Å²) in [6, 6.07) is 0. The fourth-order valence-electron chi connectivity index (χ4n) is 3.03. The Labute approximate surface area is 117 Å². The Morgan fingerprint density at radius 3 is 1.78 bits per heavy atom. The number of hydrogen-bond acceptors (Lipinski definition) is 0. The third-order valence-electron chi connectivity index (χ3n) is 4.36. The highest BCUT2D eigenvalue weighted by Crippen LogP contribution is 2.24. The van der Waals surface area contributed by atoms with Crippen molar-refractivity contribution in [3.8, 4) is 0 Å². The van der Waals surface area contributed by atoms with Gasteiger partial charge in [-0.15, -0.1) is 0 Å². The highest BCUT2D eigenvalue weighted by Gasteiger charge is 2.11. The topological polar surface area (TPSA) is 0 Å². The number of rotatable bonds is 12. The van der Waals surface area contributed by atoms with Crippen LogP contribution in [-0.2, 0) is 0 Å². The predicted octanol–water partition coefficient (Wildman–Crippen LogP) is 6.84. The van der Waals surface area contributed by atoms with Gasteiger partial charge in [-0.25, -0.2) is 0 Å². The van der Waals surface area contributed by atoms with Crippen LogP contribution in [0.25, 0.3) is 0 Å². The maximum absolute atomic E-state index is 2.46. The second-order valence-corrected chi connectivity index (χ2v) is 6.75. The predicted molar refractivity (Wildman–Crippen MR) is 85.0 cm³/mol. The van der Waals surface area contributed by atoms with E-state index in [4.69, 9.17) is 0 Å². The van der Waals surface area contributed by atoms with Crippen molar-refractivity contribution in [1.29, 1.82) is 0 Å². The molecule has 0 aliphatic carbocycles. The third kappa shape index (κ3) is 11.1. The first kappa shape index (κ1) is 18.0. The Kier molecular flexibility index (Phi) is 12.1. The van der Waals surface area contributed by atoms with Crippen LogP contribution in [0.5, 0.6) is 0 Å². The van der Waals surface area contributed by atoms with Gasteiger partial charge >= 0.3 is 0 Å². The van der Waals surface area contributed by atoms with Crippen molar-refractivity contribution in [2.45, 2.75) is 98.8 Å². The average molecular weight is 255 g/mol. The van der Waals surface area contributed by atoms with Gasteiger partial charge in [-0.1, -0.05) is 86.0 Å². The van der Waals surface area contributed by atoms with E-state index < -0.39 is 0 Å². The fourth-order valence-corrected chi connectivity index (χ4v) is 3.03. The molecule has 0 aromatic heterocycles. The molecule has 0 spiro atoms. The van der Waals surface area contributed by atoms with Gasteiger partial charge in [-0.05, 0) is 30.6 Å². The number of unbranched alkanes of at least 4 members (excludes halogenated alkanes) is 5. The summed E-state index contributed by atoms with van der Waals surface area (Å²) in [6.07, 6.45) is 14.3. The van der Waals surface area contributed by atoms with E-state index in [0.29, 0.717) is 0 Å². The summed E-state index contributed by atoms with van der Waals surface area (Å²) >= 11 is 0. The second kappa shape index (κ2) is 12.1. The van der Waals surface area contributed by atoms with Crippen LogP contribution in [0.2, 0.25) is 0 Å². The molecule has 0 aliphatic rings. The van der Waals surface area contributed by atoms with Crippen LogP contribution in [0.4, 0.5) is 0 Å². The smallest absolute Gasteiger partial charge is 0.0438 e. The van der Waals surface area contributed by atoms with Crippen LogP contribution in [0, 0.1) is 17.8 Å². The molecule has 110 valence electrons. The Hall–Kier alpha value is 0. The molecule has 0 nitrogen and oxygen atoms in total. The molecule has 0 radical (unpaired) electrons. The van der Waals surface area contributed by atoms with Gasteiger partial charge in [0, 0.05) is 0 Å². The zero-order valence-corrected chi connectivity index (χ0v) is 13.8. The second-order valence-electron chi connectivity index (χ2n) is 6.75. The van der Waals surface area contributed by atoms with Gasteiger partial charge in [-0.3, -0.25) is 0 Å². The lowest BCUT2D eigenvalue weighted by Gasteiger charge is -2.20. The van der Waals surface area contributed by atoms with Crippen molar-refractivity contribution in [3.63, 3.8) is 0 Å². The zero-order valence-electron chi connectivity index (χ0n) is 13.8. The molecule has 0 N–H and O–H groups in total. The molecule has 0 aromatic carbocycles. The molecule has 3 unspecified atom stereocenters. The molecule has 0 fully saturated rings.